The molecule has 0 radical (unpaired) electrons. The second kappa shape index (κ2) is 7.52. The quantitative estimate of drug-likeness (QED) is 0.454. The van der Waals surface area contributed by atoms with Crippen LogP contribution in [0.15, 0.2) is 46.3 Å². The summed E-state index contributed by atoms with van der Waals surface area (Å²) in [6, 6.07) is 10.6. The van der Waals surface area contributed by atoms with Crippen LogP contribution in [0.25, 0.3) is 5.69 Å². The first-order chi connectivity index (χ1) is 15.0. The lowest BCUT2D eigenvalue weighted by molar-refractivity contribution is 0.100. The van der Waals surface area contributed by atoms with Crippen LogP contribution in [0.2, 0.25) is 0 Å². The third-order valence-electron chi connectivity index (χ3n) is 5.47. The number of aryl methyl sites for hydroxylation is 4. The lowest BCUT2D eigenvalue weighted by Gasteiger charge is -2.17. The first-order valence-corrected chi connectivity index (χ1v) is 11.6. The summed E-state index contributed by atoms with van der Waals surface area (Å²) in [6.07, 6.45) is 0. The monoisotopic (exact) mass is 452 g/mol. The van der Waals surface area contributed by atoms with E-state index in [-0.39, 0.29) is 22.0 Å². The zero-order valence-electron chi connectivity index (χ0n) is 18.3. The van der Waals surface area contributed by atoms with Gasteiger partial charge in [0.15, 0.2) is 15.8 Å². The lowest BCUT2D eigenvalue weighted by atomic mass is 10.1. The maximum absolute atomic E-state index is 13.4. The molecule has 2 aromatic carbocycles. The van der Waals surface area contributed by atoms with Crippen LogP contribution >= 0.6 is 0 Å². The minimum atomic E-state index is -3.82. The van der Waals surface area contributed by atoms with E-state index < -0.39 is 21.7 Å². The van der Waals surface area contributed by atoms with Gasteiger partial charge in [0.25, 0.3) is 5.91 Å². The Kier molecular flexibility index (Phi) is 5.09. The van der Waals surface area contributed by atoms with Gasteiger partial charge in [-0.2, -0.15) is 4.99 Å². The molecule has 0 saturated carbocycles. The van der Waals surface area contributed by atoms with Gasteiger partial charge < -0.3 is 20.8 Å². The van der Waals surface area contributed by atoms with E-state index in [1.165, 1.54) is 12.1 Å². The van der Waals surface area contributed by atoms with Gasteiger partial charge in [-0.05, 0) is 75.2 Å². The van der Waals surface area contributed by atoms with Crippen molar-refractivity contribution in [3.63, 3.8) is 0 Å². The molecule has 1 aromatic heterocycles. The van der Waals surface area contributed by atoms with Crippen molar-refractivity contribution < 1.29 is 17.9 Å². The summed E-state index contributed by atoms with van der Waals surface area (Å²) in [7, 11) is -3.82. The molecule has 0 unspecified atom stereocenters. The molecule has 0 aliphatic carbocycles. The molecular formula is C23H24N4O4S. The average Bonchev–Trinajstić information content (AvgIpc) is 2.95. The lowest BCUT2D eigenvalue weighted by Crippen LogP contribution is -2.24. The van der Waals surface area contributed by atoms with Gasteiger partial charge >= 0.3 is 0 Å². The number of ether oxygens (including phenoxy) is 1. The van der Waals surface area contributed by atoms with Gasteiger partial charge in [-0.25, -0.2) is 8.42 Å². The molecule has 0 atom stereocenters. The molecule has 4 rings (SSSR count). The number of nitrogens with zero attached hydrogens (tertiary/aromatic N) is 2. The smallest absolute Gasteiger partial charge is 0.280 e. The third kappa shape index (κ3) is 3.64. The Balaban J connectivity index is 1.89. The minimum absolute atomic E-state index is 0.0582. The van der Waals surface area contributed by atoms with Crippen LogP contribution in [-0.4, -0.2) is 24.9 Å². The van der Waals surface area contributed by atoms with Gasteiger partial charge in [-0.15, -0.1) is 0 Å². The highest BCUT2D eigenvalue weighted by Crippen LogP contribution is 2.43. The number of amides is 1. The van der Waals surface area contributed by atoms with E-state index in [4.69, 9.17) is 16.2 Å². The molecular weight excluding hydrogens is 428 g/mol. The van der Waals surface area contributed by atoms with Crippen LogP contribution in [0, 0.1) is 27.7 Å². The maximum Gasteiger partial charge on any atom is 0.280 e. The summed E-state index contributed by atoms with van der Waals surface area (Å²) in [5.41, 5.74) is 15.5. The molecule has 0 bridgehead atoms. The molecule has 32 heavy (non-hydrogen) atoms. The third-order valence-corrected chi connectivity index (χ3v) is 7.13. The van der Waals surface area contributed by atoms with E-state index in [1.807, 2.05) is 45.0 Å². The summed E-state index contributed by atoms with van der Waals surface area (Å²) < 4.78 is 35.0. The largest absolute Gasteiger partial charge is 0.455 e. The Hall–Kier alpha value is -3.59. The Morgan fingerprint density at radius 3 is 2.22 bits per heavy atom. The number of fused-ring (bicyclic) bond motifs is 2. The number of guanidine groups is 1. The number of carbonyl (C=O) groups is 1. The topological polar surface area (TPSA) is 130 Å². The van der Waals surface area contributed by atoms with Crippen molar-refractivity contribution in [2.45, 2.75) is 38.3 Å². The highest BCUT2D eigenvalue weighted by molar-refractivity contribution is 7.90. The molecule has 9 heteroatoms. The number of benzene rings is 2. The van der Waals surface area contributed by atoms with Crippen molar-refractivity contribution in [2.75, 3.05) is 0 Å². The first kappa shape index (κ1) is 21.6. The molecule has 1 aliphatic heterocycles. The van der Waals surface area contributed by atoms with Gasteiger partial charge in [-0.3, -0.25) is 4.79 Å². The van der Waals surface area contributed by atoms with E-state index in [2.05, 4.69) is 9.56 Å². The highest BCUT2D eigenvalue weighted by Gasteiger charge is 2.31. The second-order valence-electron chi connectivity index (χ2n) is 8.03. The number of hydrogen-bond donors (Lipinski definition) is 2. The highest BCUT2D eigenvalue weighted by atomic mass is 32.2. The molecule has 1 amide bonds. The zero-order valence-corrected chi connectivity index (χ0v) is 19.1. The van der Waals surface area contributed by atoms with Crippen LogP contribution in [0.3, 0.4) is 0 Å². The van der Waals surface area contributed by atoms with Gasteiger partial charge in [0, 0.05) is 28.2 Å². The summed E-state index contributed by atoms with van der Waals surface area (Å²) in [5, 5.41) is 0. The van der Waals surface area contributed by atoms with Crippen molar-refractivity contribution in [2.24, 2.45) is 16.5 Å². The molecule has 0 fully saturated rings. The minimum Gasteiger partial charge on any atom is -0.455 e. The molecule has 4 N–H and O–H groups in total. The Morgan fingerprint density at radius 1 is 0.969 bits per heavy atom. The Bertz CT molecular complexity index is 1390. The molecule has 8 nitrogen and oxygen atoms in total. The first-order valence-electron chi connectivity index (χ1n) is 9.96. The fourth-order valence-corrected chi connectivity index (χ4v) is 5.65. The van der Waals surface area contributed by atoms with Crippen molar-refractivity contribution in [1.82, 2.24) is 4.57 Å². The van der Waals surface area contributed by atoms with Crippen molar-refractivity contribution in [1.29, 1.82) is 0 Å². The van der Waals surface area contributed by atoms with Crippen LogP contribution < -0.4 is 16.2 Å². The number of nitrogens with two attached hydrogens (primary N) is 2. The predicted molar refractivity (Wildman–Crippen MR) is 122 cm³/mol. The maximum atomic E-state index is 13.4. The summed E-state index contributed by atoms with van der Waals surface area (Å²) in [4.78, 5) is 15.8. The molecule has 3 aromatic rings. The summed E-state index contributed by atoms with van der Waals surface area (Å²) in [6.45, 7) is 7.56. The predicted octanol–water partition coefficient (Wildman–Crippen LogP) is 3.20. The number of aromatic nitrogens is 1. The molecule has 0 saturated heterocycles. The van der Waals surface area contributed by atoms with E-state index in [0.29, 0.717) is 16.9 Å². The molecule has 2 heterocycles. The summed E-state index contributed by atoms with van der Waals surface area (Å²) in [5.74, 6) is -0.667. The zero-order chi connectivity index (χ0) is 23.4. The van der Waals surface area contributed by atoms with Crippen molar-refractivity contribution >= 4 is 21.7 Å². The van der Waals surface area contributed by atoms with Gasteiger partial charge in [-0.1, -0.05) is 0 Å². The Labute approximate surface area is 186 Å². The van der Waals surface area contributed by atoms with Gasteiger partial charge in [0.05, 0.1) is 5.75 Å². The number of aliphatic imine (C=N–C) groups is 1. The van der Waals surface area contributed by atoms with Gasteiger partial charge in [0.2, 0.25) is 0 Å². The average molecular weight is 453 g/mol. The fraction of sp³-hybridized carbons (Fsp3) is 0.217. The normalized spacial score (nSPS) is 14.0. The number of hydrogen-bond acceptors (Lipinski definition) is 4. The number of sulfone groups is 1. The van der Waals surface area contributed by atoms with Crippen molar-refractivity contribution in [3.8, 4) is 17.2 Å². The molecule has 0 spiro atoms. The van der Waals surface area contributed by atoms with E-state index in [1.54, 1.807) is 6.92 Å². The number of carbonyl (C=O) groups excluding carboxylic acids is 1. The van der Waals surface area contributed by atoms with Crippen LogP contribution in [0.4, 0.5) is 0 Å². The van der Waals surface area contributed by atoms with E-state index in [9.17, 15) is 13.2 Å². The standard InChI is InChI=1S/C23H24N4O4S/c1-12-7-16(22(28)26-23(24)25)10-19-21(12)31-20-13(2)8-18(9-17(20)11-32(19,29)30)27-14(3)5-6-15(27)4/h5-10H,11H2,1-4H3,(H4,24,25,26,28). The second-order valence-corrected chi connectivity index (χ2v) is 9.98. The summed E-state index contributed by atoms with van der Waals surface area (Å²) >= 11 is 0. The fourth-order valence-electron chi connectivity index (χ4n) is 4.08. The van der Waals surface area contributed by atoms with Gasteiger partial charge in [0.1, 0.15) is 16.4 Å². The molecule has 1 aliphatic rings. The van der Waals surface area contributed by atoms with Crippen molar-refractivity contribution in [3.05, 3.63) is 70.0 Å². The SMILES string of the molecule is Cc1cc(-n2c(C)ccc2C)cc2c1Oc1c(C)cc(C(=O)N=C(N)N)cc1S(=O)(=O)C2. The van der Waals surface area contributed by atoms with Crippen LogP contribution in [0.1, 0.15) is 38.4 Å². The van der Waals surface area contributed by atoms with Crippen LogP contribution in [0.5, 0.6) is 11.5 Å². The number of rotatable bonds is 2. The molecule has 166 valence electrons. The van der Waals surface area contributed by atoms with E-state index >= 15 is 0 Å². The Morgan fingerprint density at radius 2 is 1.59 bits per heavy atom. The van der Waals surface area contributed by atoms with Crippen LogP contribution in [-0.2, 0) is 15.6 Å². The van der Waals surface area contributed by atoms with E-state index in [0.717, 1.165) is 22.6 Å².